The molecule has 0 N–H and O–H groups in total. The molecule has 0 spiro atoms. The van der Waals surface area contributed by atoms with E-state index >= 15 is 0 Å². The zero-order chi connectivity index (χ0) is 21.5. The fourth-order valence-electron chi connectivity index (χ4n) is 3.26. The number of ether oxygens (including phenoxy) is 3. The van der Waals surface area contributed by atoms with Crippen molar-refractivity contribution in [1.82, 2.24) is 0 Å². The number of carbonyl (C=O) groups excluding carboxylic acids is 1. The molecule has 0 aliphatic rings. The van der Waals surface area contributed by atoms with Crippen LogP contribution in [0.3, 0.4) is 0 Å². The van der Waals surface area contributed by atoms with Crippen molar-refractivity contribution in [2.75, 3.05) is 14.2 Å². The molecule has 0 aromatic heterocycles. The number of methoxy groups -OCH3 is 2. The summed E-state index contributed by atoms with van der Waals surface area (Å²) in [5.74, 6) is 1.87. The van der Waals surface area contributed by atoms with Crippen LogP contribution in [0.25, 0.3) is 6.08 Å². The Labute approximate surface area is 177 Å². The molecule has 30 heavy (non-hydrogen) atoms. The summed E-state index contributed by atoms with van der Waals surface area (Å²) in [6.45, 7) is 4.30. The van der Waals surface area contributed by atoms with Crippen molar-refractivity contribution in [3.8, 4) is 17.2 Å². The molecule has 0 saturated heterocycles. The lowest BCUT2D eigenvalue weighted by Crippen LogP contribution is -2.03. The zero-order valence-corrected chi connectivity index (χ0v) is 17.8. The minimum Gasteiger partial charge on any atom is -0.496 e. The van der Waals surface area contributed by atoms with E-state index < -0.39 is 0 Å². The van der Waals surface area contributed by atoms with Gasteiger partial charge in [-0.25, -0.2) is 0 Å². The molecule has 0 atom stereocenters. The highest BCUT2D eigenvalue weighted by Crippen LogP contribution is 2.32. The predicted molar refractivity (Wildman–Crippen MR) is 120 cm³/mol. The lowest BCUT2D eigenvalue weighted by Gasteiger charge is -2.13. The van der Waals surface area contributed by atoms with Gasteiger partial charge in [0.2, 0.25) is 0 Å². The summed E-state index contributed by atoms with van der Waals surface area (Å²) in [6.07, 6.45) is 3.30. The van der Waals surface area contributed by atoms with Crippen molar-refractivity contribution in [3.05, 3.63) is 94.6 Å². The van der Waals surface area contributed by atoms with E-state index in [1.54, 1.807) is 32.4 Å². The van der Waals surface area contributed by atoms with Gasteiger partial charge in [-0.1, -0.05) is 36.4 Å². The second-order valence-corrected chi connectivity index (χ2v) is 6.99. The third kappa shape index (κ3) is 4.90. The standard InChI is InChI=1S/C26H26O4/c1-18-10-13-22(25(16-18)30-17-20-8-6-5-7-9-20)23(27)14-11-21-12-15-24(28-3)19(2)26(21)29-4/h5-16H,17H2,1-4H3/b14-11+. The molecule has 4 nitrogen and oxygen atoms in total. The van der Waals surface area contributed by atoms with Crippen LogP contribution < -0.4 is 14.2 Å². The monoisotopic (exact) mass is 402 g/mol. The molecule has 0 radical (unpaired) electrons. The van der Waals surface area contributed by atoms with Gasteiger partial charge in [-0.15, -0.1) is 0 Å². The number of ketones is 1. The summed E-state index contributed by atoms with van der Waals surface area (Å²) in [5, 5.41) is 0. The van der Waals surface area contributed by atoms with Crippen molar-refractivity contribution in [3.63, 3.8) is 0 Å². The number of benzene rings is 3. The quantitative estimate of drug-likeness (QED) is 0.353. The highest BCUT2D eigenvalue weighted by molar-refractivity contribution is 6.08. The normalized spacial score (nSPS) is 10.8. The number of hydrogen-bond donors (Lipinski definition) is 0. The van der Waals surface area contributed by atoms with Crippen LogP contribution in [0.1, 0.15) is 32.6 Å². The van der Waals surface area contributed by atoms with Gasteiger partial charge in [0.1, 0.15) is 23.9 Å². The average Bonchev–Trinajstić information content (AvgIpc) is 2.77. The third-order valence-corrected chi connectivity index (χ3v) is 4.86. The Morgan fingerprint density at radius 3 is 2.37 bits per heavy atom. The topological polar surface area (TPSA) is 44.8 Å². The summed E-state index contributed by atoms with van der Waals surface area (Å²) in [4.78, 5) is 12.9. The summed E-state index contributed by atoms with van der Waals surface area (Å²) in [5.41, 5.74) is 4.30. The second kappa shape index (κ2) is 9.79. The molecule has 0 amide bonds. The molecule has 0 bridgehead atoms. The van der Waals surface area contributed by atoms with Gasteiger partial charge >= 0.3 is 0 Å². The first-order valence-electron chi connectivity index (χ1n) is 9.75. The van der Waals surface area contributed by atoms with Crippen LogP contribution in [0.15, 0.2) is 66.7 Å². The molecular formula is C26H26O4. The molecular weight excluding hydrogens is 376 g/mol. The second-order valence-electron chi connectivity index (χ2n) is 6.99. The van der Waals surface area contributed by atoms with Gasteiger partial charge in [0.05, 0.1) is 19.8 Å². The van der Waals surface area contributed by atoms with Crippen molar-refractivity contribution in [2.24, 2.45) is 0 Å². The SMILES string of the molecule is COc1ccc(/C=C/C(=O)c2ccc(C)cc2OCc2ccccc2)c(OC)c1C. The van der Waals surface area contributed by atoms with Crippen LogP contribution >= 0.6 is 0 Å². The number of aryl methyl sites for hydroxylation is 1. The van der Waals surface area contributed by atoms with Crippen molar-refractivity contribution >= 4 is 11.9 Å². The average molecular weight is 402 g/mol. The lowest BCUT2D eigenvalue weighted by molar-refractivity contribution is 0.104. The van der Waals surface area contributed by atoms with Gasteiger partial charge in [-0.3, -0.25) is 4.79 Å². The largest absolute Gasteiger partial charge is 0.496 e. The van der Waals surface area contributed by atoms with Crippen LogP contribution in [0, 0.1) is 13.8 Å². The van der Waals surface area contributed by atoms with Gasteiger partial charge in [-0.2, -0.15) is 0 Å². The number of allylic oxidation sites excluding steroid dienone is 1. The Balaban J connectivity index is 1.84. The molecule has 3 aromatic rings. The van der Waals surface area contributed by atoms with E-state index in [1.807, 2.05) is 68.4 Å². The first kappa shape index (κ1) is 21.2. The maximum Gasteiger partial charge on any atom is 0.189 e. The van der Waals surface area contributed by atoms with E-state index in [9.17, 15) is 4.79 Å². The van der Waals surface area contributed by atoms with Gasteiger partial charge in [0, 0.05) is 11.1 Å². The van der Waals surface area contributed by atoms with E-state index in [4.69, 9.17) is 14.2 Å². The molecule has 0 heterocycles. The molecule has 3 rings (SSSR count). The zero-order valence-electron chi connectivity index (χ0n) is 17.8. The van der Waals surface area contributed by atoms with Crippen LogP contribution in [-0.4, -0.2) is 20.0 Å². The first-order chi connectivity index (χ1) is 14.5. The smallest absolute Gasteiger partial charge is 0.189 e. The van der Waals surface area contributed by atoms with E-state index in [1.165, 1.54) is 0 Å². The fourth-order valence-corrected chi connectivity index (χ4v) is 3.26. The molecule has 0 saturated carbocycles. The van der Waals surface area contributed by atoms with Crippen LogP contribution in [0.2, 0.25) is 0 Å². The molecule has 3 aromatic carbocycles. The van der Waals surface area contributed by atoms with E-state index in [2.05, 4.69) is 0 Å². The Bertz CT molecular complexity index is 1050. The maximum atomic E-state index is 12.9. The minimum atomic E-state index is -0.131. The van der Waals surface area contributed by atoms with E-state index in [0.717, 1.165) is 28.0 Å². The molecule has 0 fully saturated rings. The molecule has 0 aliphatic carbocycles. The van der Waals surface area contributed by atoms with Gasteiger partial charge in [-0.05, 0) is 61.4 Å². The van der Waals surface area contributed by atoms with Crippen molar-refractivity contribution < 1.29 is 19.0 Å². The van der Waals surface area contributed by atoms with Crippen LogP contribution in [0.5, 0.6) is 17.2 Å². The minimum absolute atomic E-state index is 0.131. The first-order valence-corrected chi connectivity index (χ1v) is 9.75. The molecule has 0 unspecified atom stereocenters. The summed E-state index contributed by atoms with van der Waals surface area (Å²) in [7, 11) is 3.23. The number of hydrogen-bond acceptors (Lipinski definition) is 4. The van der Waals surface area contributed by atoms with Gasteiger partial charge in [0.25, 0.3) is 0 Å². The highest BCUT2D eigenvalue weighted by Gasteiger charge is 2.13. The molecule has 0 aliphatic heterocycles. The predicted octanol–water partition coefficient (Wildman–Crippen LogP) is 5.80. The Hall–Kier alpha value is -3.53. The molecule has 154 valence electrons. The highest BCUT2D eigenvalue weighted by atomic mass is 16.5. The maximum absolute atomic E-state index is 12.9. The Morgan fingerprint density at radius 1 is 0.900 bits per heavy atom. The van der Waals surface area contributed by atoms with Crippen molar-refractivity contribution in [2.45, 2.75) is 20.5 Å². The fraction of sp³-hybridized carbons (Fsp3) is 0.192. The summed E-state index contributed by atoms with van der Waals surface area (Å²) >= 11 is 0. The van der Waals surface area contributed by atoms with Crippen LogP contribution in [0.4, 0.5) is 0 Å². The van der Waals surface area contributed by atoms with Crippen molar-refractivity contribution in [1.29, 1.82) is 0 Å². The summed E-state index contributed by atoms with van der Waals surface area (Å²) in [6, 6.07) is 19.2. The number of rotatable bonds is 8. The van der Waals surface area contributed by atoms with Gasteiger partial charge < -0.3 is 14.2 Å². The van der Waals surface area contributed by atoms with Gasteiger partial charge in [0.15, 0.2) is 5.78 Å². The number of carbonyl (C=O) groups is 1. The Kier molecular flexibility index (Phi) is 6.91. The molecule has 4 heteroatoms. The Morgan fingerprint density at radius 2 is 1.67 bits per heavy atom. The van der Waals surface area contributed by atoms with Crippen LogP contribution in [-0.2, 0) is 6.61 Å². The summed E-state index contributed by atoms with van der Waals surface area (Å²) < 4.78 is 16.8. The lowest BCUT2D eigenvalue weighted by atomic mass is 10.0. The third-order valence-electron chi connectivity index (χ3n) is 4.86. The van der Waals surface area contributed by atoms with E-state index in [-0.39, 0.29) is 5.78 Å². The van der Waals surface area contributed by atoms with E-state index in [0.29, 0.717) is 23.7 Å².